The molecule has 1 aliphatic carbocycles. The van der Waals surface area contributed by atoms with E-state index in [-0.39, 0.29) is 24.0 Å². The minimum absolute atomic E-state index is 0.0775. The van der Waals surface area contributed by atoms with E-state index in [9.17, 15) is 23.7 Å². The number of methoxy groups -OCH3 is 1. The summed E-state index contributed by atoms with van der Waals surface area (Å²) in [5.41, 5.74) is 7.01. The molecule has 0 radical (unpaired) electrons. The van der Waals surface area contributed by atoms with Crippen LogP contribution in [0.1, 0.15) is 57.9 Å². The van der Waals surface area contributed by atoms with Gasteiger partial charge in [-0.25, -0.2) is 4.98 Å². The van der Waals surface area contributed by atoms with Crippen LogP contribution in [0.5, 0.6) is 5.75 Å². The van der Waals surface area contributed by atoms with Crippen molar-refractivity contribution in [2.75, 3.05) is 80.1 Å². The van der Waals surface area contributed by atoms with Crippen molar-refractivity contribution in [3.05, 3.63) is 88.3 Å². The van der Waals surface area contributed by atoms with Crippen molar-refractivity contribution in [1.82, 2.24) is 34.9 Å². The van der Waals surface area contributed by atoms with Crippen molar-refractivity contribution in [3.8, 4) is 16.9 Å². The topological polar surface area (TPSA) is 187 Å². The van der Waals surface area contributed by atoms with Gasteiger partial charge in [-0.15, -0.1) is 0 Å². The van der Waals surface area contributed by atoms with E-state index in [4.69, 9.17) is 9.72 Å². The number of aryl methyl sites for hydroxylation is 1. The maximum atomic E-state index is 13.4. The lowest BCUT2D eigenvalue weighted by molar-refractivity contribution is -0.136. The van der Waals surface area contributed by atoms with Gasteiger partial charge in [0.15, 0.2) is 0 Å². The standard InChI is InChI=1S/C46H49BrN11O6P/c1-54-23-28(21-49-54)32-19-36(51-46-48-22-34(47)42(53-46)50-35-10-7-27(26-5-6-26)17-40(35)65(3,4)63)39(64-2)20-38(32)56-15-13-55(14-16-56)30-24-57(25-30)29-8-9-31-33(18-29)45(62)58(44(31)61)37-11-12-41(59)52-43(37)60/h7-10,17-23,26,30,37H,5-6,11-16,24-25H2,1-4H3,(H,52,59,60)(H2,48,50,51,53). The third-order valence-corrected chi connectivity index (χ3v) is 15.2. The van der Waals surface area contributed by atoms with Gasteiger partial charge in [-0.05, 0) is 96.4 Å². The number of ether oxygens (including phenoxy) is 1. The highest BCUT2D eigenvalue weighted by atomic mass is 79.9. The number of hydrogen-bond acceptors (Lipinski definition) is 14. The van der Waals surface area contributed by atoms with Gasteiger partial charge in [0.05, 0.1) is 40.3 Å². The van der Waals surface area contributed by atoms with Crippen molar-refractivity contribution in [3.63, 3.8) is 0 Å². The molecule has 3 N–H and O–H groups in total. The second-order valence-electron chi connectivity index (χ2n) is 17.8. The van der Waals surface area contributed by atoms with Crippen molar-refractivity contribution in [1.29, 1.82) is 0 Å². The van der Waals surface area contributed by atoms with Crippen molar-refractivity contribution in [2.24, 2.45) is 7.05 Å². The van der Waals surface area contributed by atoms with E-state index < -0.39 is 36.8 Å². The number of imide groups is 2. The summed E-state index contributed by atoms with van der Waals surface area (Å²) in [6, 6.07) is 14.9. The number of anilines is 6. The number of halogens is 1. The average Bonchev–Trinajstić information content (AvgIpc) is 3.98. The second kappa shape index (κ2) is 16.7. The Morgan fingerprint density at radius 1 is 0.846 bits per heavy atom. The third-order valence-electron chi connectivity index (χ3n) is 13.1. The molecule has 6 heterocycles. The summed E-state index contributed by atoms with van der Waals surface area (Å²) in [6.45, 7) is 8.36. The molecule has 10 rings (SSSR count). The van der Waals surface area contributed by atoms with Gasteiger partial charge in [0.1, 0.15) is 24.8 Å². The highest BCUT2D eigenvalue weighted by Gasteiger charge is 2.45. The number of carbonyl (C=O) groups is 4. The van der Waals surface area contributed by atoms with E-state index in [1.54, 1.807) is 43.5 Å². The number of fused-ring (bicyclic) bond motifs is 1. The monoisotopic (exact) mass is 961 g/mol. The van der Waals surface area contributed by atoms with Crippen LogP contribution < -0.4 is 35.8 Å². The van der Waals surface area contributed by atoms with Crippen LogP contribution in [-0.4, -0.2) is 125 Å². The number of rotatable bonds is 12. The van der Waals surface area contributed by atoms with Crippen molar-refractivity contribution < 1.29 is 28.5 Å². The molecular formula is C46H49BrN11O6P. The first-order valence-electron chi connectivity index (χ1n) is 21.8. The average molecular weight is 963 g/mol. The van der Waals surface area contributed by atoms with Crippen LogP contribution in [0.15, 0.2) is 71.6 Å². The molecule has 0 bridgehead atoms. The zero-order chi connectivity index (χ0) is 45.3. The SMILES string of the molecule is COc1cc(N2CCN(C3CN(c4ccc5c(c4)C(=O)N(C4CCC(=O)NC4=O)C5=O)C3)CC2)c(-c2cnn(C)c2)cc1Nc1ncc(Br)c(Nc2ccc(C3CC3)cc2P(C)(C)=O)n1. The zero-order valence-electron chi connectivity index (χ0n) is 36.5. The predicted octanol–water partition coefficient (Wildman–Crippen LogP) is 5.67. The largest absolute Gasteiger partial charge is 0.494 e. The molecule has 1 saturated carbocycles. The molecule has 2 aromatic heterocycles. The molecule has 1 atom stereocenters. The van der Waals surface area contributed by atoms with Gasteiger partial charge in [-0.2, -0.15) is 10.1 Å². The summed E-state index contributed by atoms with van der Waals surface area (Å²) in [7, 11) is 0.931. The van der Waals surface area contributed by atoms with Gasteiger partial charge in [-0.3, -0.25) is 39.0 Å². The molecule has 5 aliphatic rings. The zero-order valence-corrected chi connectivity index (χ0v) is 39.0. The number of carbonyl (C=O) groups excluding carboxylic acids is 4. The Bertz CT molecular complexity index is 2830. The Labute approximate surface area is 384 Å². The molecule has 4 aliphatic heterocycles. The highest BCUT2D eigenvalue weighted by molar-refractivity contribution is 9.10. The molecule has 4 fully saturated rings. The van der Waals surface area contributed by atoms with Crippen LogP contribution in [0.25, 0.3) is 11.1 Å². The maximum absolute atomic E-state index is 13.4. The minimum atomic E-state index is -2.61. The third kappa shape index (κ3) is 8.27. The van der Waals surface area contributed by atoms with Gasteiger partial charge in [0, 0.05) is 105 Å². The van der Waals surface area contributed by atoms with Gasteiger partial charge < -0.3 is 29.7 Å². The first-order valence-corrected chi connectivity index (χ1v) is 25.2. The number of amides is 4. The van der Waals surface area contributed by atoms with E-state index in [2.05, 4.69) is 80.9 Å². The molecule has 4 amide bonds. The van der Waals surface area contributed by atoms with Gasteiger partial charge >= 0.3 is 0 Å². The number of nitrogens with zero attached hydrogens (tertiary/aromatic N) is 8. The molecule has 19 heteroatoms. The first kappa shape index (κ1) is 42.8. The highest BCUT2D eigenvalue weighted by Crippen LogP contribution is 2.45. The molecule has 336 valence electrons. The minimum Gasteiger partial charge on any atom is -0.494 e. The Morgan fingerprint density at radius 3 is 2.31 bits per heavy atom. The number of benzene rings is 3. The Morgan fingerprint density at radius 2 is 1.62 bits per heavy atom. The number of piperidine rings is 1. The molecule has 65 heavy (non-hydrogen) atoms. The second-order valence-corrected chi connectivity index (χ2v) is 21.8. The smallest absolute Gasteiger partial charge is 0.262 e. The normalized spacial score (nSPS) is 19.3. The van der Waals surface area contributed by atoms with Crippen LogP contribution in [0, 0.1) is 0 Å². The summed E-state index contributed by atoms with van der Waals surface area (Å²) in [5, 5.41) is 14.4. The Hall–Kier alpha value is -6.10. The molecule has 3 saturated heterocycles. The summed E-state index contributed by atoms with van der Waals surface area (Å²) in [5.74, 6) is 0.0115. The fourth-order valence-electron chi connectivity index (χ4n) is 9.30. The lowest BCUT2D eigenvalue weighted by Crippen LogP contribution is -2.63. The molecule has 17 nitrogen and oxygen atoms in total. The van der Waals surface area contributed by atoms with Crippen LogP contribution in [0.4, 0.5) is 34.5 Å². The predicted molar refractivity (Wildman–Crippen MR) is 252 cm³/mol. The first-order chi connectivity index (χ1) is 31.2. The summed E-state index contributed by atoms with van der Waals surface area (Å²) in [6.07, 6.45) is 8.06. The molecular weight excluding hydrogens is 913 g/mol. The maximum Gasteiger partial charge on any atom is 0.262 e. The van der Waals surface area contributed by atoms with E-state index in [1.165, 1.54) is 5.56 Å². The van der Waals surface area contributed by atoms with E-state index in [0.717, 1.165) is 90.5 Å². The van der Waals surface area contributed by atoms with Crippen LogP contribution in [0.3, 0.4) is 0 Å². The molecule has 3 aromatic carbocycles. The quantitative estimate of drug-likeness (QED) is 0.103. The molecule has 5 aromatic rings. The summed E-state index contributed by atoms with van der Waals surface area (Å²) < 4.78 is 21.9. The number of aromatic nitrogens is 4. The molecule has 1 unspecified atom stereocenters. The number of piperazine rings is 1. The lowest BCUT2D eigenvalue weighted by Gasteiger charge is -2.49. The van der Waals surface area contributed by atoms with Crippen molar-refractivity contribution >= 4 is 86.5 Å². The van der Waals surface area contributed by atoms with Gasteiger partial charge in [-0.1, -0.05) is 6.07 Å². The van der Waals surface area contributed by atoms with E-state index >= 15 is 0 Å². The van der Waals surface area contributed by atoms with E-state index in [1.807, 2.05) is 31.6 Å². The van der Waals surface area contributed by atoms with E-state index in [0.29, 0.717) is 39.6 Å². The number of nitrogens with one attached hydrogen (secondary N) is 3. The summed E-state index contributed by atoms with van der Waals surface area (Å²) in [4.78, 5) is 68.4. The molecule has 0 spiro atoms. The number of hydrogen-bond donors (Lipinski definition) is 3. The Balaban J connectivity index is 0.826. The van der Waals surface area contributed by atoms with Crippen molar-refractivity contribution in [2.45, 2.75) is 43.7 Å². The van der Waals surface area contributed by atoms with Crippen LogP contribution in [0.2, 0.25) is 0 Å². The fraction of sp³-hybridized carbons (Fsp3) is 0.370. The Kier molecular flexibility index (Phi) is 11.0. The van der Waals surface area contributed by atoms with Gasteiger partial charge in [0.25, 0.3) is 11.8 Å². The lowest BCUT2D eigenvalue weighted by atomic mass is 10.0. The van der Waals surface area contributed by atoms with Gasteiger partial charge in [0.2, 0.25) is 17.8 Å². The fourth-order valence-corrected chi connectivity index (χ4v) is 10.8. The summed E-state index contributed by atoms with van der Waals surface area (Å²) >= 11 is 3.62. The van der Waals surface area contributed by atoms with Crippen LogP contribution in [-0.2, 0) is 21.2 Å². The van der Waals surface area contributed by atoms with Crippen LogP contribution >= 0.6 is 23.1 Å².